The van der Waals surface area contributed by atoms with Crippen LogP contribution in [0.4, 0.5) is 5.69 Å². The Labute approximate surface area is 153 Å². The normalized spacial score (nSPS) is 10.5. The topological polar surface area (TPSA) is 72.7 Å². The molecule has 0 aliphatic heterocycles. The Hall–Kier alpha value is -2.73. The first-order valence-corrected chi connectivity index (χ1v) is 8.60. The van der Waals surface area contributed by atoms with Gasteiger partial charge in [-0.05, 0) is 37.5 Å². The van der Waals surface area contributed by atoms with Gasteiger partial charge < -0.3 is 9.64 Å². The van der Waals surface area contributed by atoms with Crippen molar-refractivity contribution < 1.29 is 14.5 Å². The second kappa shape index (κ2) is 9.68. The van der Waals surface area contributed by atoms with Gasteiger partial charge in [0.15, 0.2) is 0 Å². The van der Waals surface area contributed by atoms with Gasteiger partial charge in [0, 0.05) is 37.4 Å². The molecule has 0 bridgehead atoms. The third kappa shape index (κ3) is 5.39. The number of nitrogens with zero attached hydrogens (tertiary/aromatic N) is 2. The zero-order chi connectivity index (χ0) is 18.9. The Morgan fingerprint density at radius 1 is 1.15 bits per heavy atom. The minimum absolute atomic E-state index is 0.0223. The lowest BCUT2D eigenvalue weighted by molar-refractivity contribution is -0.385. The van der Waals surface area contributed by atoms with E-state index in [9.17, 15) is 14.9 Å². The molecular formula is C20H24N2O4. The Morgan fingerprint density at radius 3 is 2.50 bits per heavy atom. The summed E-state index contributed by atoms with van der Waals surface area (Å²) in [7, 11) is 1.60. The second-order valence-electron chi connectivity index (χ2n) is 6.13. The van der Waals surface area contributed by atoms with Gasteiger partial charge in [0.25, 0.3) is 11.6 Å². The van der Waals surface area contributed by atoms with E-state index >= 15 is 0 Å². The quantitative estimate of drug-likeness (QED) is 0.508. The van der Waals surface area contributed by atoms with Crippen molar-refractivity contribution in [1.82, 2.24) is 4.90 Å². The molecule has 138 valence electrons. The molecule has 0 fully saturated rings. The zero-order valence-electron chi connectivity index (χ0n) is 15.2. The van der Waals surface area contributed by atoms with Crippen LogP contribution >= 0.6 is 0 Å². The minimum atomic E-state index is -0.438. The zero-order valence-corrected chi connectivity index (χ0v) is 15.2. The summed E-state index contributed by atoms with van der Waals surface area (Å²) < 4.78 is 5.11. The summed E-state index contributed by atoms with van der Waals surface area (Å²) >= 11 is 0. The van der Waals surface area contributed by atoms with Gasteiger partial charge in [-0.25, -0.2) is 0 Å². The number of amides is 1. The smallest absolute Gasteiger partial charge is 0.272 e. The number of benzene rings is 2. The maximum atomic E-state index is 12.8. The number of rotatable bonds is 9. The van der Waals surface area contributed by atoms with E-state index in [1.165, 1.54) is 17.7 Å². The molecule has 6 heteroatoms. The molecule has 0 N–H and O–H groups in total. The molecule has 0 radical (unpaired) electrons. The number of aryl methyl sites for hydroxylation is 2. The molecule has 2 aromatic carbocycles. The molecule has 2 aromatic rings. The van der Waals surface area contributed by atoms with E-state index in [2.05, 4.69) is 12.1 Å². The van der Waals surface area contributed by atoms with Crippen molar-refractivity contribution in [3.05, 3.63) is 75.3 Å². The van der Waals surface area contributed by atoms with Crippen molar-refractivity contribution in [2.75, 3.05) is 26.8 Å². The van der Waals surface area contributed by atoms with Crippen molar-refractivity contribution in [2.24, 2.45) is 0 Å². The highest BCUT2D eigenvalue weighted by atomic mass is 16.6. The molecule has 0 atom stereocenters. The Morgan fingerprint density at radius 2 is 1.88 bits per heavy atom. The first-order valence-electron chi connectivity index (χ1n) is 8.60. The summed E-state index contributed by atoms with van der Waals surface area (Å²) in [6, 6.07) is 14.6. The standard InChI is InChI=1S/C20H24N2O4/c1-16-15-18(10-11-19(16)22(24)25)20(23)21(13-14-26-2)12-6-9-17-7-4-3-5-8-17/h3-5,7-8,10-11,15H,6,9,12-14H2,1-2H3. The van der Waals surface area contributed by atoms with Crippen molar-refractivity contribution in [3.8, 4) is 0 Å². The van der Waals surface area contributed by atoms with E-state index in [4.69, 9.17) is 4.74 Å². The van der Waals surface area contributed by atoms with Gasteiger partial charge in [-0.2, -0.15) is 0 Å². The van der Waals surface area contributed by atoms with E-state index in [0.717, 1.165) is 12.8 Å². The molecule has 6 nitrogen and oxygen atoms in total. The summed E-state index contributed by atoms with van der Waals surface area (Å²) in [6.45, 7) is 3.18. The van der Waals surface area contributed by atoms with Crippen LogP contribution in [0.1, 0.15) is 27.9 Å². The third-order valence-corrected chi connectivity index (χ3v) is 4.23. The van der Waals surface area contributed by atoms with Crippen molar-refractivity contribution >= 4 is 11.6 Å². The van der Waals surface area contributed by atoms with Crippen LogP contribution in [0, 0.1) is 17.0 Å². The summed E-state index contributed by atoms with van der Waals surface area (Å²) in [5.74, 6) is -0.131. The van der Waals surface area contributed by atoms with Crippen LogP contribution in [0.25, 0.3) is 0 Å². The molecule has 1 amide bonds. The predicted octanol–water partition coefficient (Wildman–Crippen LogP) is 3.62. The number of carbonyl (C=O) groups is 1. The first-order chi connectivity index (χ1) is 12.5. The largest absolute Gasteiger partial charge is 0.383 e. The van der Waals surface area contributed by atoms with E-state index in [0.29, 0.717) is 30.8 Å². The summed E-state index contributed by atoms with van der Waals surface area (Å²) in [6.07, 6.45) is 1.72. The van der Waals surface area contributed by atoms with E-state index < -0.39 is 4.92 Å². The third-order valence-electron chi connectivity index (χ3n) is 4.23. The van der Waals surface area contributed by atoms with E-state index in [1.54, 1.807) is 25.0 Å². The molecule has 0 spiro atoms. The molecule has 0 heterocycles. The molecule has 0 aromatic heterocycles. The van der Waals surface area contributed by atoms with Crippen LogP contribution < -0.4 is 0 Å². The summed E-state index contributed by atoms with van der Waals surface area (Å²) in [4.78, 5) is 25.1. The fourth-order valence-corrected chi connectivity index (χ4v) is 2.81. The molecule has 0 saturated heterocycles. The maximum absolute atomic E-state index is 12.8. The van der Waals surface area contributed by atoms with Gasteiger partial charge in [-0.15, -0.1) is 0 Å². The van der Waals surface area contributed by atoms with E-state index in [1.807, 2.05) is 18.2 Å². The summed E-state index contributed by atoms with van der Waals surface area (Å²) in [5.41, 5.74) is 2.20. The van der Waals surface area contributed by atoms with Gasteiger partial charge in [0.05, 0.1) is 11.5 Å². The fraction of sp³-hybridized carbons (Fsp3) is 0.350. The highest BCUT2D eigenvalue weighted by Gasteiger charge is 2.18. The molecule has 0 aliphatic rings. The predicted molar refractivity (Wildman–Crippen MR) is 100 cm³/mol. The van der Waals surface area contributed by atoms with Crippen LogP contribution in [-0.2, 0) is 11.2 Å². The second-order valence-corrected chi connectivity index (χ2v) is 6.13. The Kier molecular flexibility index (Phi) is 7.29. The van der Waals surface area contributed by atoms with Crippen LogP contribution in [0.15, 0.2) is 48.5 Å². The number of nitro groups is 1. The lowest BCUT2D eigenvalue weighted by Crippen LogP contribution is -2.35. The van der Waals surface area contributed by atoms with Gasteiger partial charge >= 0.3 is 0 Å². The van der Waals surface area contributed by atoms with Gasteiger partial charge in [-0.1, -0.05) is 30.3 Å². The monoisotopic (exact) mass is 356 g/mol. The number of methoxy groups -OCH3 is 1. The molecule has 0 unspecified atom stereocenters. The summed E-state index contributed by atoms with van der Waals surface area (Å²) in [5, 5.41) is 10.9. The van der Waals surface area contributed by atoms with E-state index in [-0.39, 0.29) is 11.6 Å². The number of hydrogen-bond acceptors (Lipinski definition) is 4. The molecule has 2 rings (SSSR count). The number of nitro benzene ring substituents is 1. The van der Waals surface area contributed by atoms with Gasteiger partial charge in [0.2, 0.25) is 0 Å². The minimum Gasteiger partial charge on any atom is -0.383 e. The van der Waals surface area contributed by atoms with Crippen LogP contribution in [0.5, 0.6) is 0 Å². The van der Waals surface area contributed by atoms with Crippen LogP contribution in [0.2, 0.25) is 0 Å². The highest BCUT2D eigenvalue weighted by molar-refractivity contribution is 5.94. The molecule has 26 heavy (non-hydrogen) atoms. The van der Waals surface area contributed by atoms with Crippen molar-refractivity contribution in [2.45, 2.75) is 19.8 Å². The van der Waals surface area contributed by atoms with Crippen molar-refractivity contribution in [1.29, 1.82) is 0 Å². The number of hydrogen-bond donors (Lipinski definition) is 0. The first kappa shape index (κ1) is 19.6. The SMILES string of the molecule is COCCN(CCCc1ccccc1)C(=O)c1ccc([N+](=O)[O-])c(C)c1. The lowest BCUT2D eigenvalue weighted by atomic mass is 10.1. The van der Waals surface area contributed by atoms with Crippen LogP contribution in [0.3, 0.4) is 0 Å². The highest BCUT2D eigenvalue weighted by Crippen LogP contribution is 2.20. The Bertz CT molecular complexity index is 747. The van der Waals surface area contributed by atoms with Crippen LogP contribution in [-0.4, -0.2) is 42.5 Å². The number of carbonyl (C=O) groups excluding carboxylic acids is 1. The average Bonchev–Trinajstić information content (AvgIpc) is 2.64. The lowest BCUT2D eigenvalue weighted by Gasteiger charge is -2.22. The van der Waals surface area contributed by atoms with Gasteiger partial charge in [-0.3, -0.25) is 14.9 Å². The number of ether oxygens (including phenoxy) is 1. The Balaban J connectivity index is 2.06. The maximum Gasteiger partial charge on any atom is 0.272 e. The average molecular weight is 356 g/mol. The fourth-order valence-electron chi connectivity index (χ4n) is 2.81. The molecule has 0 aliphatic carbocycles. The van der Waals surface area contributed by atoms with Gasteiger partial charge in [0.1, 0.15) is 0 Å². The van der Waals surface area contributed by atoms with Crippen molar-refractivity contribution in [3.63, 3.8) is 0 Å². The molecule has 0 saturated carbocycles. The molecular weight excluding hydrogens is 332 g/mol.